The van der Waals surface area contributed by atoms with Gasteiger partial charge in [0.25, 0.3) is 5.91 Å². The van der Waals surface area contributed by atoms with Crippen LogP contribution in [0, 0.1) is 12.8 Å². The molecule has 1 atom stereocenters. The molecule has 0 bridgehead atoms. The first kappa shape index (κ1) is 22.9. The first-order chi connectivity index (χ1) is 13.4. The van der Waals surface area contributed by atoms with E-state index in [9.17, 15) is 9.59 Å². The van der Waals surface area contributed by atoms with Crippen LogP contribution in [-0.4, -0.2) is 29.8 Å². The number of nitrogens with one attached hydrogen (secondary N) is 1. The smallest absolute Gasteiger partial charge is 0.253 e. The summed E-state index contributed by atoms with van der Waals surface area (Å²) in [5, 5.41) is 2.92. The Labute approximate surface area is 179 Å². The van der Waals surface area contributed by atoms with E-state index in [-0.39, 0.29) is 36.7 Å². The number of hydrogen-bond acceptors (Lipinski definition) is 3. The molecule has 0 spiro atoms. The predicted molar refractivity (Wildman–Crippen MR) is 119 cm³/mol. The van der Waals surface area contributed by atoms with E-state index in [1.165, 1.54) is 0 Å². The minimum atomic E-state index is -0.344. The molecule has 6 heteroatoms. The Hall–Kier alpha value is -2.37. The molecule has 1 aliphatic heterocycles. The minimum absolute atomic E-state index is 0. The number of benzene rings is 2. The summed E-state index contributed by atoms with van der Waals surface area (Å²) in [6.07, 6.45) is 2.32. The van der Waals surface area contributed by atoms with Gasteiger partial charge in [-0.2, -0.15) is 0 Å². The normalized spacial score (nSPS) is 15.3. The van der Waals surface area contributed by atoms with Crippen LogP contribution in [0.4, 0.5) is 5.69 Å². The van der Waals surface area contributed by atoms with E-state index >= 15 is 0 Å². The quantitative estimate of drug-likeness (QED) is 0.763. The van der Waals surface area contributed by atoms with Crippen molar-refractivity contribution in [2.75, 3.05) is 18.4 Å². The Morgan fingerprint density at radius 1 is 1.14 bits per heavy atom. The number of carbonyl (C=O) groups is 2. The zero-order chi connectivity index (χ0) is 20.1. The summed E-state index contributed by atoms with van der Waals surface area (Å²) < 4.78 is 0. The summed E-state index contributed by atoms with van der Waals surface area (Å²) in [5.41, 5.74) is 9.33. The van der Waals surface area contributed by atoms with Crippen molar-refractivity contribution in [2.24, 2.45) is 11.7 Å². The van der Waals surface area contributed by atoms with Gasteiger partial charge in [-0.15, -0.1) is 12.4 Å². The Kier molecular flexibility index (Phi) is 8.23. The van der Waals surface area contributed by atoms with Crippen LogP contribution in [0.1, 0.15) is 53.7 Å². The van der Waals surface area contributed by atoms with Gasteiger partial charge in [-0.3, -0.25) is 9.59 Å². The summed E-state index contributed by atoms with van der Waals surface area (Å²) in [6, 6.07) is 14.7. The van der Waals surface area contributed by atoms with Gasteiger partial charge in [0, 0.05) is 36.8 Å². The lowest BCUT2D eigenvalue weighted by Gasteiger charge is -2.30. The Morgan fingerprint density at radius 3 is 2.41 bits per heavy atom. The fraction of sp³-hybridized carbons (Fsp3) is 0.391. The standard InChI is InChI=1S/C23H29N3O2.ClH/c1-16-10-12-26(13-11-16)23(28)19-8-9-21(17(2)14-19)25-22(27)15-20(24)18-6-4-3-5-7-18;/h3-9,14,16,20H,10-13,15,24H2,1-2H3,(H,25,27);1H. The summed E-state index contributed by atoms with van der Waals surface area (Å²) >= 11 is 0. The highest BCUT2D eigenvalue weighted by Crippen LogP contribution is 2.22. The molecule has 29 heavy (non-hydrogen) atoms. The molecule has 5 nitrogen and oxygen atoms in total. The zero-order valence-electron chi connectivity index (χ0n) is 17.1. The number of aryl methyl sites for hydroxylation is 1. The lowest BCUT2D eigenvalue weighted by molar-refractivity contribution is -0.116. The molecule has 1 aliphatic rings. The SMILES string of the molecule is Cc1cc(C(=O)N2CCC(C)CC2)ccc1NC(=O)CC(N)c1ccccc1.Cl. The number of hydrogen-bond donors (Lipinski definition) is 2. The molecule has 2 aromatic rings. The van der Waals surface area contributed by atoms with Gasteiger partial charge in [0.15, 0.2) is 0 Å². The topological polar surface area (TPSA) is 75.4 Å². The Bertz CT molecular complexity index is 833. The molecule has 1 unspecified atom stereocenters. The second kappa shape index (κ2) is 10.4. The van der Waals surface area contributed by atoms with E-state index in [0.29, 0.717) is 17.2 Å². The van der Waals surface area contributed by atoms with E-state index in [4.69, 9.17) is 5.73 Å². The van der Waals surface area contributed by atoms with Crippen molar-refractivity contribution < 1.29 is 9.59 Å². The Balaban J connectivity index is 0.00000300. The maximum Gasteiger partial charge on any atom is 0.253 e. The molecule has 156 valence electrons. The third kappa shape index (κ3) is 6.05. The van der Waals surface area contributed by atoms with Gasteiger partial charge in [0.1, 0.15) is 0 Å². The van der Waals surface area contributed by atoms with E-state index < -0.39 is 0 Å². The van der Waals surface area contributed by atoms with Crippen molar-refractivity contribution in [1.29, 1.82) is 0 Å². The maximum absolute atomic E-state index is 12.7. The van der Waals surface area contributed by atoms with Crippen molar-refractivity contribution in [3.8, 4) is 0 Å². The molecular formula is C23H30ClN3O2. The maximum atomic E-state index is 12.7. The lowest BCUT2D eigenvalue weighted by Crippen LogP contribution is -2.37. The Morgan fingerprint density at radius 2 is 1.79 bits per heavy atom. The number of rotatable bonds is 5. The molecule has 0 aromatic heterocycles. The zero-order valence-corrected chi connectivity index (χ0v) is 17.9. The molecule has 1 fully saturated rings. The molecule has 3 N–H and O–H groups in total. The van der Waals surface area contributed by atoms with Gasteiger partial charge < -0.3 is 16.0 Å². The fourth-order valence-electron chi connectivity index (χ4n) is 3.55. The third-order valence-electron chi connectivity index (χ3n) is 5.45. The van der Waals surface area contributed by atoms with E-state index in [2.05, 4.69) is 12.2 Å². The van der Waals surface area contributed by atoms with Gasteiger partial charge in [0.05, 0.1) is 0 Å². The number of piperidine rings is 1. The summed E-state index contributed by atoms with van der Waals surface area (Å²) in [6.45, 7) is 5.76. The number of likely N-dealkylation sites (tertiary alicyclic amines) is 1. The van der Waals surface area contributed by atoms with Crippen LogP contribution in [0.25, 0.3) is 0 Å². The lowest BCUT2D eigenvalue weighted by atomic mass is 9.98. The van der Waals surface area contributed by atoms with Crippen molar-refractivity contribution in [2.45, 2.75) is 39.2 Å². The van der Waals surface area contributed by atoms with Crippen LogP contribution < -0.4 is 11.1 Å². The first-order valence-corrected chi connectivity index (χ1v) is 9.94. The summed E-state index contributed by atoms with van der Waals surface area (Å²) in [5.74, 6) is 0.619. The second-order valence-electron chi connectivity index (χ2n) is 7.77. The first-order valence-electron chi connectivity index (χ1n) is 9.94. The number of halogens is 1. The molecule has 0 saturated carbocycles. The van der Waals surface area contributed by atoms with Crippen LogP contribution in [0.5, 0.6) is 0 Å². The number of carbonyl (C=O) groups excluding carboxylic acids is 2. The van der Waals surface area contributed by atoms with Gasteiger partial charge in [-0.1, -0.05) is 37.3 Å². The highest BCUT2D eigenvalue weighted by molar-refractivity contribution is 5.96. The average Bonchev–Trinajstić information content (AvgIpc) is 2.70. The molecule has 3 rings (SSSR count). The predicted octanol–water partition coefficient (Wildman–Crippen LogP) is 4.32. The largest absolute Gasteiger partial charge is 0.339 e. The van der Waals surface area contributed by atoms with E-state index in [1.807, 2.05) is 48.2 Å². The van der Waals surface area contributed by atoms with Gasteiger partial charge >= 0.3 is 0 Å². The van der Waals surface area contributed by atoms with Crippen molar-refractivity contribution >= 4 is 29.9 Å². The fourth-order valence-corrected chi connectivity index (χ4v) is 3.55. The van der Waals surface area contributed by atoms with Crippen molar-refractivity contribution in [3.05, 3.63) is 65.2 Å². The molecule has 2 amide bonds. The average molecular weight is 416 g/mol. The molecule has 0 aliphatic carbocycles. The molecule has 1 heterocycles. The monoisotopic (exact) mass is 415 g/mol. The van der Waals surface area contributed by atoms with Crippen LogP contribution in [0.3, 0.4) is 0 Å². The highest BCUT2D eigenvalue weighted by Gasteiger charge is 2.22. The van der Waals surface area contributed by atoms with Crippen LogP contribution >= 0.6 is 12.4 Å². The van der Waals surface area contributed by atoms with Crippen molar-refractivity contribution in [3.63, 3.8) is 0 Å². The number of anilines is 1. The summed E-state index contributed by atoms with van der Waals surface area (Å²) in [7, 11) is 0. The van der Waals surface area contributed by atoms with Gasteiger partial charge in [0.2, 0.25) is 5.91 Å². The molecular weight excluding hydrogens is 386 g/mol. The highest BCUT2D eigenvalue weighted by atomic mass is 35.5. The van der Waals surface area contributed by atoms with Crippen LogP contribution in [0.15, 0.2) is 48.5 Å². The minimum Gasteiger partial charge on any atom is -0.339 e. The van der Waals surface area contributed by atoms with E-state index in [1.54, 1.807) is 12.1 Å². The van der Waals surface area contributed by atoms with Gasteiger partial charge in [-0.05, 0) is 55.0 Å². The second-order valence-corrected chi connectivity index (χ2v) is 7.77. The molecule has 1 saturated heterocycles. The summed E-state index contributed by atoms with van der Waals surface area (Å²) in [4.78, 5) is 27.0. The molecule has 2 aromatic carbocycles. The number of nitrogens with two attached hydrogens (primary N) is 1. The third-order valence-corrected chi connectivity index (χ3v) is 5.45. The number of nitrogens with zero attached hydrogens (tertiary/aromatic N) is 1. The van der Waals surface area contributed by atoms with Gasteiger partial charge in [-0.25, -0.2) is 0 Å². The van der Waals surface area contributed by atoms with Crippen LogP contribution in [0.2, 0.25) is 0 Å². The van der Waals surface area contributed by atoms with Crippen LogP contribution in [-0.2, 0) is 4.79 Å². The van der Waals surface area contributed by atoms with E-state index in [0.717, 1.165) is 37.1 Å². The molecule has 0 radical (unpaired) electrons. The van der Waals surface area contributed by atoms with Crippen molar-refractivity contribution in [1.82, 2.24) is 4.90 Å². The number of amides is 2.